The zero-order valence-electron chi connectivity index (χ0n) is 14.6. The van der Waals surface area contributed by atoms with E-state index in [4.69, 9.17) is 0 Å². The van der Waals surface area contributed by atoms with Crippen LogP contribution in [-0.2, 0) is 9.59 Å². The zero-order chi connectivity index (χ0) is 19.3. The number of non-ortho nitro benzene ring substituents is 1. The number of nitrogens with zero attached hydrogens (tertiary/aromatic N) is 2. The Morgan fingerprint density at radius 1 is 1.04 bits per heavy atom. The standard InChI is InChI=1S/C18H18N4O4/c1-11-7-12(2)9-15(8-11)19-17(23)18(24)21-20-13(3)14-5-4-6-16(10-14)22(25)26/h4-10H,1-3H3,(H,19,23)(H,21,24)/b20-13+. The van der Waals surface area contributed by atoms with Crippen LogP contribution in [0.2, 0.25) is 0 Å². The third-order valence-electron chi connectivity index (χ3n) is 3.49. The molecule has 2 aromatic rings. The fourth-order valence-corrected chi connectivity index (χ4v) is 2.33. The van der Waals surface area contributed by atoms with Gasteiger partial charge in [0.2, 0.25) is 0 Å². The molecule has 0 atom stereocenters. The molecule has 0 saturated carbocycles. The molecule has 2 aromatic carbocycles. The van der Waals surface area contributed by atoms with Crippen LogP contribution in [0.5, 0.6) is 0 Å². The minimum Gasteiger partial charge on any atom is -0.318 e. The minimum absolute atomic E-state index is 0.0871. The number of aryl methyl sites for hydroxylation is 2. The molecule has 0 saturated heterocycles. The summed E-state index contributed by atoms with van der Waals surface area (Å²) < 4.78 is 0. The SMILES string of the molecule is C/C(=N\NC(=O)C(=O)Nc1cc(C)cc(C)c1)c1cccc([N+](=O)[O-])c1. The number of hydrazone groups is 1. The number of rotatable bonds is 4. The number of anilines is 1. The van der Waals surface area contributed by atoms with Gasteiger partial charge in [0.15, 0.2) is 0 Å². The van der Waals surface area contributed by atoms with E-state index in [0.29, 0.717) is 17.0 Å². The van der Waals surface area contributed by atoms with Gasteiger partial charge in [-0.05, 0) is 44.0 Å². The molecule has 2 N–H and O–H groups in total. The highest BCUT2D eigenvalue weighted by Crippen LogP contribution is 2.14. The second-order valence-corrected chi connectivity index (χ2v) is 5.78. The van der Waals surface area contributed by atoms with Crippen LogP contribution < -0.4 is 10.7 Å². The fourth-order valence-electron chi connectivity index (χ4n) is 2.33. The lowest BCUT2D eigenvalue weighted by atomic mass is 10.1. The largest absolute Gasteiger partial charge is 0.329 e. The number of amides is 2. The van der Waals surface area contributed by atoms with E-state index >= 15 is 0 Å². The van der Waals surface area contributed by atoms with Crippen LogP contribution >= 0.6 is 0 Å². The second kappa shape index (κ2) is 8.02. The Kier molecular flexibility index (Phi) is 5.79. The molecule has 8 nitrogen and oxygen atoms in total. The molecule has 0 aromatic heterocycles. The van der Waals surface area contributed by atoms with Gasteiger partial charge in [-0.1, -0.05) is 18.2 Å². The van der Waals surface area contributed by atoms with Gasteiger partial charge in [-0.3, -0.25) is 19.7 Å². The molecule has 8 heteroatoms. The topological polar surface area (TPSA) is 114 Å². The first-order valence-corrected chi connectivity index (χ1v) is 7.75. The molecule has 0 aliphatic rings. The maximum absolute atomic E-state index is 11.9. The van der Waals surface area contributed by atoms with E-state index in [0.717, 1.165) is 11.1 Å². The number of benzene rings is 2. The van der Waals surface area contributed by atoms with Crippen LogP contribution in [0.4, 0.5) is 11.4 Å². The van der Waals surface area contributed by atoms with Gasteiger partial charge < -0.3 is 5.32 Å². The van der Waals surface area contributed by atoms with Crippen LogP contribution in [0, 0.1) is 24.0 Å². The lowest BCUT2D eigenvalue weighted by Gasteiger charge is -2.07. The van der Waals surface area contributed by atoms with Gasteiger partial charge in [-0.15, -0.1) is 0 Å². The number of hydrogen-bond acceptors (Lipinski definition) is 5. The highest BCUT2D eigenvalue weighted by Gasteiger charge is 2.14. The van der Waals surface area contributed by atoms with Gasteiger partial charge in [0.05, 0.1) is 10.6 Å². The zero-order valence-corrected chi connectivity index (χ0v) is 14.6. The third kappa shape index (κ3) is 4.97. The van der Waals surface area contributed by atoms with Crippen LogP contribution in [-0.4, -0.2) is 22.4 Å². The minimum atomic E-state index is -0.936. The maximum atomic E-state index is 11.9. The molecule has 0 aliphatic heterocycles. The molecular weight excluding hydrogens is 336 g/mol. The fraction of sp³-hybridized carbons (Fsp3) is 0.167. The van der Waals surface area contributed by atoms with E-state index < -0.39 is 16.7 Å². The summed E-state index contributed by atoms with van der Waals surface area (Å²) in [6.07, 6.45) is 0. The summed E-state index contributed by atoms with van der Waals surface area (Å²) in [6, 6.07) is 11.3. The Bertz CT molecular complexity index is 886. The summed E-state index contributed by atoms with van der Waals surface area (Å²) in [5.41, 5.74) is 5.29. The smallest absolute Gasteiger partial charge is 0.318 e. The van der Waals surface area contributed by atoms with Crippen molar-refractivity contribution < 1.29 is 14.5 Å². The molecule has 0 bridgehead atoms. The number of carbonyl (C=O) groups excluding carboxylic acids is 2. The van der Waals surface area contributed by atoms with Gasteiger partial charge in [0, 0.05) is 23.4 Å². The molecule has 0 heterocycles. The average molecular weight is 354 g/mol. The molecule has 0 aliphatic carbocycles. The first kappa shape index (κ1) is 18.8. The molecule has 26 heavy (non-hydrogen) atoms. The molecule has 2 amide bonds. The highest BCUT2D eigenvalue weighted by molar-refractivity contribution is 6.39. The lowest BCUT2D eigenvalue weighted by molar-refractivity contribution is -0.384. The van der Waals surface area contributed by atoms with Gasteiger partial charge >= 0.3 is 11.8 Å². The van der Waals surface area contributed by atoms with E-state index in [1.165, 1.54) is 18.2 Å². The number of nitrogens with one attached hydrogen (secondary N) is 2. The summed E-state index contributed by atoms with van der Waals surface area (Å²) in [4.78, 5) is 34.1. The van der Waals surface area contributed by atoms with Gasteiger partial charge in [-0.25, -0.2) is 5.43 Å². The van der Waals surface area contributed by atoms with Crippen LogP contribution in [0.3, 0.4) is 0 Å². The van der Waals surface area contributed by atoms with E-state index in [9.17, 15) is 19.7 Å². The average Bonchev–Trinajstić information content (AvgIpc) is 2.58. The van der Waals surface area contributed by atoms with Crippen molar-refractivity contribution in [3.8, 4) is 0 Å². The Morgan fingerprint density at radius 2 is 1.69 bits per heavy atom. The van der Waals surface area contributed by atoms with Crippen molar-refractivity contribution >= 4 is 28.9 Å². The van der Waals surface area contributed by atoms with Crippen LogP contribution in [0.15, 0.2) is 47.6 Å². The predicted octanol–water partition coefficient (Wildman–Crippen LogP) is 2.69. The van der Waals surface area contributed by atoms with Gasteiger partial charge in [0.1, 0.15) is 0 Å². The van der Waals surface area contributed by atoms with E-state index in [1.54, 1.807) is 25.1 Å². The van der Waals surface area contributed by atoms with Crippen LogP contribution in [0.1, 0.15) is 23.6 Å². The van der Waals surface area contributed by atoms with E-state index in [1.807, 2.05) is 19.9 Å². The summed E-state index contributed by atoms with van der Waals surface area (Å²) in [5.74, 6) is -1.79. The summed E-state index contributed by atoms with van der Waals surface area (Å²) in [6.45, 7) is 5.34. The predicted molar refractivity (Wildman–Crippen MR) is 98.0 cm³/mol. The molecule has 0 fully saturated rings. The highest BCUT2D eigenvalue weighted by atomic mass is 16.6. The van der Waals surface area contributed by atoms with Gasteiger partial charge in [0.25, 0.3) is 5.69 Å². The van der Waals surface area contributed by atoms with Crippen molar-refractivity contribution in [1.29, 1.82) is 0 Å². The molecule has 2 rings (SSSR count). The Hall–Kier alpha value is -3.55. The van der Waals surface area contributed by atoms with Crippen molar-refractivity contribution in [2.24, 2.45) is 5.10 Å². The summed E-state index contributed by atoms with van der Waals surface area (Å²) >= 11 is 0. The molecule has 134 valence electrons. The van der Waals surface area contributed by atoms with Crippen molar-refractivity contribution in [2.75, 3.05) is 5.32 Å². The Morgan fingerprint density at radius 3 is 2.31 bits per heavy atom. The Labute approximate surface area is 150 Å². The van der Waals surface area contributed by atoms with Crippen molar-refractivity contribution in [1.82, 2.24) is 5.43 Å². The van der Waals surface area contributed by atoms with Crippen molar-refractivity contribution in [2.45, 2.75) is 20.8 Å². The summed E-state index contributed by atoms with van der Waals surface area (Å²) in [7, 11) is 0. The number of nitro benzene ring substituents is 1. The molecule has 0 unspecified atom stereocenters. The normalized spacial score (nSPS) is 11.0. The monoisotopic (exact) mass is 354 g/mol. The number of hydrogen-bond donors (Lipinski definition) is 2. The Balaban J connectivity index is 2.04. The maximum Gasteiger partial charge on any atom is 0.329 e. The quantitative estimate of drug-likeness (QED) is 0.380. The first-order chi connectivity index (χ1) is 12.3. The van der Waals surface area contributed by atoms with Gasteiger partial charge in [-0.2, -0.15) is 5.10 Å². The summed E-state index contributed by atoms with van der Waals surface area (Å²) in [5, 5.41) is 17.1. The van der Waals surface area contributed by atoms with E-state index in [-0.39, 0.29) is 5.69 Å². The van der Waals surface area contributed by atoms with E-state index in [2.05, 4.69) is 15.8 Å². The van der Waals surface area contributed by atoms with Crippen LogP contribution in [0.25, 0.3) is 0 Å². The molecule has 0 radical (unpaired) electrons. The molecule has 0 spiro atoms. The third-order valence-corrected chi connectivity index (χ3v) is 3.49. The second-order valence-electron chi connectivity index (χ2n) is 5.78. The number of carbonyl (C=O) groups is 2. The first-order valence-electron chi connectivity index (χ1n) is 7.75. The lowest BCUT2D eigenvalue weighted by Crippen LogP contribution is -2.33. The van der Waals surface area contributed by atoms with Crippen molar-refractivity contribution in [3.63, 3.8) is 0 Å². The van der Waals surface area contributed by atoms with Crippen molar-refractivity contribution in [3.05, 3.63) is 69.3 Å². The molecular formula is C18H18N4O4. The number of nitro groups is 1.